The van der Waals surface area contributed by atoms with E-state index in [-0.39, 0.29) is 114 Å². The lowest BCUT2D eigenvalue weighted by Crippen LogP contribution is -2.53. The minimum Gasteiger partial charge on any atom is -0.508 e. The molecule has 0 radical (unpaired) electrons. The second-order valence-electron chi connectivity index (χ2n) is 39.2. The molecule has 1 aromatic rings. The highest BCUT2D eigenvalue weighted by Crippen LogP contribution is 2.27. The van der Waals surface area contributed by atoms with Gasteiger partial charge in [-0.05, 0) is 180 Å². The quantitative estimate of drug-likeness (QED) is 0.0683. The molecule has 1 aromatic carbocycles. The molecule has 0 aliphatic heterocycles. The zero-order valence-corrected chi connectivity index (χ0v) is 68.9. The van der Waals surface area contributed by atoms with Gasteiger partial charge in [0.15, 0.2) is 28.9 Å². The first kappa shape index (κ1) is 98.0. The smallest absolute Gasteiger partial charge is 0.288 e. The molecule has 0 bridgehead atoms. The van der Waals surface area contributed by atoms with Gasteiger partial charge >= 0.3 is 0 Å². The van der Waals surface area contributed by atoms with Gasteiger partial charge in [-0.25, -0.2) is 0 Å². The standard InChI is InChI=1S/C17H27NO2.2C14H29NO.C13H27NO.C11H23NO.C10H19NO2/c1-16(2,3)15(20)14(18-17(4,5)6)11-12-7-9-13(19)10-8-12;1-10(2)9-11(15-14(6,7)8)12(16)13(3,4)5;1-9-10(2)11(15-14(6,7)8)12(16)13(3,4)5;1-9(2)10(14-13(6,7)8)11(15)12(3,4)5;1-8(12-11(5,6)7)9(13)10(2,3)4;1-9(2,3)7(12)8(13)11-10(4,5)6/h7-10,14,18-19H,11H2,1-6H3;2*10-11,15H,9H2,1-8H3;9-10,14H,1-8H3;8,12H,1-7H3;1-6H3,(H,11,13). The van der Waals surface area contributed by atoms with Crippen molar-refractivity contribution in [3.8, 4) is 5.75 Å². The maximum absolute atomic E-state index is 12.6. The lowest BCUT2D eigenvalue weighted by Gasteiger charge is -2.35. The van der Waals surface area contributed by atoms with Crippen molar-refractivity contribution in [3.05, 3.63) is 29.8 Å². The van der Waals surface area contributed by atoms with Crippen LogP contribution in [-0.4, -0.2) is 109 Å². The zero-order chi connectivity index (χ0) is 76.0. The number of amides is 1. The first-order valence-electron chi connectivity index (χ1n) is 34.7. The molecule has 0 heterocycles. The maximum Gasteiger partial charge on any atom is 0.288 e. The number of phenols is 1. The van der Waals surface area contributed by atoms with Crippen LogP contribution in [0.25, 0.3) is 0 Å². The van der Waals surface area contributed by atoms with Crippen molar-refractivity contribution in [3.63, 3.8) is 0 Å². The monoisotopic (exact) mass is 1320 g/mol. The molecule has 0 spiro atoms. The number of aromatic hydroxyl groups is 1. The van der Waals surface area contributed by atoms with Gasteiger partial charge in [-0.1, -0.05) is 185 Å². The van der Waals surface area contributed by atoms with E-state index in [0.717, 1.165) is 18.4 Å². The van der Waals surface area contributed by atoms with E-state index in [1.54, 1.807) is 32.9 Å². The van der Waals surface area contributed by atoms with Gasteiger partial charge in [0.05, 0.1) is 30.2 Å². The third-order valence-corrected chi connectivity index (χ3v) is 13.7. The van der Waals surface area contributed by atoms with Gasteiger partial charge in [-0.15, -0.1) is 0 Å². The highest BCUT2D eigenvalue weighted by molar-refractivity contribution is 6.38. The van der Waals surface area contributed by atoms with Crippen molar-refractivity contribution < 1.29 is 38.7 Å². The average Bonchev–Trinajstić information content (AvgIpc) is 2.63. The Bertz CT molecular complexity index is 2390. The Morgan fingerprint density at radius 3 is 0.935 bits per heavy atom. The van der Waals surface area contributed by atoms with Gasteiger partial charge < -0.3 is 37.0 Å². The molecule has 6 unspecified atom stereocenters. The summed E-state index contributed by atoms with van der Waals surface area (Å²) in [7, 11) is 0. The predicted octanol–water partition coefficient (Wildman–Crippen LogP) is 17.0. The Morgan fingerprint density at radius 2 is 0.667 bits per heavy atom. The molecule has 0 aliphatic rings. The van der Waals surface area contributed by atoms with Crippen LogP contribution in [0, 0.1) is 50.2 Å². The lowest BCUT2D eigenvalue weighted by molar-refractivity contribution is -0.143. The molecule has 0 saturated heterocycles. The van der Waals surface area contributed by atoms with Gasteiger partial charge in [0.1, 0.15) is 5.75 Å². The number of rotatable bonds is 18. The summed E-state index contributed by atoms with van der Waals surface area (Å²) in [4.78, 5) is 84.1. The van der Waals surface area contributed by atoms with Crippen LogP contribution in [-0.2, 0) is 40.0 Å². The molecule has 14 heteroatoms. The summed E-state index contributed by atoms with van der Waals surface area (Å²) in [6, 6.07) is 6.64. The molecule has 0 aliphatic carbocycles. The molecule has 7 N–H and O–H groups in total. The number of hydrogen-bond acceptors (Lipinski definition) is 13. The number of carbonyl (C=O) groups excluding carboxylic acids is 7. The van der Waals surface area contributed by atoms with Crippen molar-refractivity contribution in [2.45, 2.75) is 380 Å². The SMILES string of the molecule is CC(C)(C)NC(=O)C(=O)C(C)(C)C.CC(C)(C)NC(Cc1ccc(O)cc1)C(=O)C(C)(C)C.CC(C)C(NC(C)(C)C)C(=O)C(C)(C)C.CC(C)CC(NC(C)(C)C)C(=O)C(C)(C)C.CC(NC(C)(C)C)C(=O)C(C)(C)C.CCC(C)C(NC(C)(C)C)C(=O)C(C)(C)C. The highest BCUT2D eigenvalue weighted by Gasteiger charge is 2.38. The van der Waals surface area contributed by atoms with Crippen molar-refractivity contribution >= 4 is 40.6 Å². The first-order chi connectivity index (χ1) is 40.4. The number of carbonyl (C=O) groups is 7. The fraction of sp³-hybridized carbons (Fsp3) is 0.835. The largest absolute Gasteiger partial charge is 0.508 e. The van der Waals surface area contributed by atoms with Gasteiger partial charge in [-0.3, -0.25) is 33.6 Å². The minimum absolute atomic E-state index is 0.000324. The summed E-state index contributed by atoms with van der Waals surface area (Å²) in [5.41, 5.74) is -1.52. The summed E-state index contributed by atoms with van der Waals surface area (Å²) < 4.78 is 0. The van der Waals surface area contributed by atoms with Crippen LogP contribution in [0.3, 0.4) is 0 Å². The van der Waals surface area contributed by atoms with E-state index in [1.165, 1.54) is 0 Å². The third-order valence-electron chi connectivity index (χ3n) is 13.7. The van der Waals surface area contributed by atoms with Crippen LogP contribution < -0.4 is 31.9 Å². The van der Waals surface area contributed by atoms with Crippen molar-refractivity contribution in [2.24, 2.45) is 50.2 Å². The highest BCUT2D eigenvalue weighted by atomic mass is 16.3. The second kappa shape index (κ2) is 38.5. The number of hydrogen-bond donors (Lipinski definition) is 7. The topological polar surface area (TPSA) is 212 Å². The maximum atomic E-state index is 12.6. The minimum atomic E-state index is -0.602. The Labute approximate surface area is 574 Å². The van der Waals surface area contributed by atoms with Gasteiger partial charge in [0.2, 0.25) is 5.78 Å². The Morgan fingerprint density at radius 1 is 0.366 bits per heavy atom. The molecule has 14 nitrogen and oxygen atoms in total. The van der Waals surface area contributed by atoms with E-state index in [9.17, 15) is 38.7 Å². The molecular formula is C79H154N6O8. The zero-order valence-electron chi connectivity index (χ0n) is 68.9. The van der Waals surface area contributed by atoms with Gasteiger partial charge in [-0.2, -0.15) is 0 Å². The van der Waals surface area contributed by atoms with E-state index in [2.05, 4.69) is 177 Å². The Balaban J connectivity index is -0.000000335. The number of Topliss-reactive ketones (excluding diaryl/α,β-unsaturated/α-hetero) is 6. The molecule has 0 fully saturated rings. The average molecular weight is 1320 g/mol. The molecule has 6 atom stereocenters. The predicted molar refractivity (Wildman–Crippen MR) is 399 cm³/mol. The van der Waals surface area contributed by atoms with E-state index < -0.39 is 11.3 Å². The summed E-state index contributed by atoms with van der Waals surface area (Å²) in [5, 5.41) is 29.0. The summed E-state index contributed by atoms with van der Waals surface area (Å²) in [6.07, 6.45) is 2.57. The molecule has 0 saturated carbocycles. The normalized spacial score (nSPS) is 15.0. The van der Waals surface area contributed by atoms with E-state index in [0.29, 0.717) is 41.5 Å². The second-order valence-corrected chi connectivity index (χ2v) is 39.2. The summed E-state index contributed by atoms with van der Waals surface area (Å²) in [6.45, 7) is 86.4. The van der Waals surface area contributed by atoms with Crippen molar-refractivity contribution in [1.29, 1.82) is 0 Å². The molecule has 93 heavy (non-hydrogen) atoms. The molecule has 1 amide bonds. The fourth-order valence-electron chi connectivity index (χ4n) is 9.08. The molecule has 548 valence electrons. The van der Waals surface area contributed by atoms with E-state index in [1.807, 2.05) is 144 Å². The molecular weight excluding hydrogens is 1160 g/mol. The van der Waals surface area contributed by atoms with Crippen LogP contribution in [0.1, 0.15) is 316 Å². The van der Waals surface area contributed by atoms with Crippen LogP contribution in [0.5, 0.6) is 5.75 Å². The third kappa shape index (κ3) is 50.3. The van der Waals surface area contributed by atoms with Gasteiger partial charge in [0, 0.05) is 65.7 Å². The molecule has 1 rings (SSSR count). The van der Waals surface area contributed by atoms with E-state index in [4.69, 9.17) is 0 Å². The van der Waals surface area contributed by atoms with Crippen LogP contribution in [0.2, 0.25) is 0 Å². The van der Waals surface area contributed by atoms with Crippen molar-refractivity contribution in [1.82, 2.24) is 31.9 Å². The van der Waals surface area contributed by atoms with Crippen molar-refractivity contribution in [2.75, 3.05) is 0 Å². The van der Waals surface area contributed by atoms with Crippen LogP contribution >= 0.6 is 0 Å². The Kier molecular flexibility index (Phi) is 40.5. The lowest BCUT2D eigenvalue weighted by atomic mass is 9.80. The van der Waals surface area contributed by atoms with Crippen LogP contribution in [0.15, 0.2) is 24.3 Å². The number of nitrogens with one attached hydrogen (secondary N) is 6. The summed E-state index contributed by atoms with van der Waals surface area (Å²) in [5.74, 6) is 2.02. The number of benzene rings is 1. The molecule has 0 aromatic heterocycles. The van der Waals surface area contributed by atoms with E-state index >= 15 is 0 Å². The number of ketones is 6. The summed E-state index contributed by atoms with van der Waals surface area (Å²) >= 11 is 0. The van der Waals surface area contributed by atoms with Crippen LogP contribution in [0.4, 0.5) is 0 Å². The van der Waals surface area contributed by atoms with Gasteiger partial charge in [0.25, 0.3) is 5.91 Å². The first-order valence-corrected chi connectivity index (χ1v) is 34.7. The number of phenolic OH excluding ortho intramolecular Hbond substituents is 1. The fourth-order valence-corrected chi connectivity index (χ4v) is 9.08. The Hall–Kier alpha value is -3.69.